The number of unbranched alkanes of at least 4 members (excludes halogenated alkanes) is 1. The normalized spacial score (nSPS) is 11.5. The van der Waals surface area contributed by atoms with Gasteiger partial charge in [0.05, 0.1) is 12.1 Å². The number of benzene rings is 3. The Labute approximate surface area is 261 Å². The van der Waals surface area contributed by atoms with Crippen molar-refractivity contribution in [1.82, 2.24) is 20.1 Å². The van der Waals surface area contributed by atoms with Gasteiger partial charge >= 0.3 is 11.9 Å². The summed E-state index contributed by atoms with van der Waals surface area (Å²) in [4.78, 5) is 51.3. The first-order valence-corrected chi connectivity index (χ1v) is 14.9. The third kappa shape index (κ3) is 9.33. The predicted octanol–water partition coefficient (Wildman–Crippen LogP) is 4.93. The number of amides is 2. The molecule has 0 aliphatic heterocycles. The number of carboxylic acid groups (broad SMARTS) is 2. The molecule has 11 heteroatoms. The van der Waals surface area contributed by atoms with Crippen LogP contribution in [0.15, 0.2) is 72.8 Å². The lowest BCUT2D eigenvalue weighted by Crippen LogP contribution is -2.40. The van der Waals surface area contributed by atoms with Crippen LogP contribution in [0.1, 0.15) is 72.7 Å². The second-order valence-electron chi connectivity index (χ2n) is 10.8. The second kappa shape index (κ2) is 15.4. The number of nitrogens with one attached hydrogen (secondary N) is 2. The molecule has 0 fully saturated rings. The zero-order valence-electron chi connectivity index (χ0n) is 25.3. The van der Waals surface area contributed by atoms with Crippen molar-refractivity contribution < 1.29 is 29.4 Å². The van der Waals surface area contributed by atoms with Crippen molar-refractivity contribution in [3.8, 4) is 11.1 Å². The minimum atomic E-state index is -1.19. The Kier molecular flexibility index (Phi) is 11.2. The van der Waals surface area contributed by atoms with E-state index in [0.29, 0.717) is 30.0 Å². The summed E-state index contributed by atoms with van der Waals surface area (Å²) in [5.41, 5.74) is 4.32. The Morgan fingerprint density at radius 3 is 2.24 bits per heavy atom. The van der Waals surface area contributed by atoms with E-state index < -0.39 is 23.9 Å². The molecule has 45 heavy (non-hydrogen) atoms. The van der Waals surface area contributed by atoms with Crippen LogP contribution >= 0.6 is 0 Å². The van der Waals surface area contributed by atoms with Crippen LogP contribution in [0.4, 0.5) is 5.69 Å². The van der Waals surface area contributed by atoms with Gasteiger partial charge in [-0.25, -0.2) is 19.3 Å². The largest absolute Gasteiger partial charge is 0.480 e. The Morgan fingerprint density at radius 1 is 0.911 bits per heavy atom. The zero-order chi connectivity index (χ0) is 32.3. The van der Waals surface area contributed by atoms with Gasteiger partial charge in [-0.05, 0) is 53.3 Å². The first-order valence-electron chi connectivity index (χ1n) is 14.9. The van der Waals surface area contributed by atoms with Crippen LogP contribution in [-0.4, -0.2) is 54.8 Å². The summed E-state index contributed by atoms with van der Waals surface area (Å²) in [5, 5.41) is 28.6. The van der Waals surface area contributed by atoms with E-state index in [2.05, 4.69) is 17.6 Å². The number of carbonyl (C=O) groups is 4. The van der Waals surface area contributed by atoms with E-state index in [4.69, 9.17) is 10.1 Å². The zero-order valence-corrected chi connectivity index (χ0v) is 25.3. The molecule has 0 bridgehead atoms. The summed E-state index contributed by atoms with van der Waals surface area (Å²) in [5.74, 6) is -1.38. The van der Waals surface area contributed by atoms with Gasteiger partial charge in [-0.1, -0.05) is 67.9 Å². The highest BCUT2D eigenvalue weighted by atomic mass is 16.4. The summed E-state index contributed by atoms with van der Waals surface area (Å²) < 4.78 is 1.92. The highest BCUT2D eigenvalue weighted by Gasteiger charge is 2.19. The highest BCUT2D eigenvalue weighted by molar-refractivity contribution is 5.96. The molecule has 0 spiro atoms. The maximum absolute atomic E-state index is 12.3. The van der Waals surface area contributed by atoms with E-state index in [1.54, 1.807) is 30.3 Å². The lowest BCUT2D eigenvalue weighted by molar-refractivity contribution is -0.141. The van der Waals surface area contributed by atoms with E-state index in [9.17, 15) is 29.4 Å². The molecule has 1 heterocycles. The molecule has 0 aliphatic rings. The summed E-state index contributed by atoms with van der Waals surface area (Å²) in [6.07, 6.45) is 3.23. The SMILES string of the molecule is CCCCc1nc(Cc2ccc(NC(=O)CCC(NC(C)=O)C(=O)O)cc2)nn1Cc1ccc(-c2ccccc2C(=O)O)cc1. The van der Waals surface area contributed by atoms with Gasteiger partial charge in [0.1, 0.15) is 11.9 Å². The first kappa shape index (κ1) is 32.6. The average molecular weight is 612 g/mol. The molecular formula is C34H37N5O6. The Morgan fingerprint density at radius 2 is 1.60 bits per heavy atom. The molecule has 11 nitrogen and oxygen atoms in total. The minimum Gasteiger partial charge on any atom is -0.480 e. The van der Waals surface area contributed by atoms with Crippen LogP contribution in [0, 0.1) is 0 Å². The fourth-order valence-corrected chi connectivity index (χ4v) is 4.92. The third-order valence-corrected chi connectivity index (χ3v) is 7.24. The number of aryl methyl sites for hydroxylation is 1. The summed E-state index contributed by atoms with van der Waals surface area (Å²) >= 11 is 0. The fraction of sp³-hybridized carbons (Fsp3) is 0.294. The van der Waals surface area contributed by atoms with Gasteiger partial charge in [0, 0.05) is 31.9 Å². The lowest BCUT2D eigenvalue weighted by atomic mass is 9.99. The number of carboxylic acids is 2. The Hall–Kier alpha value is -5.32. The quantitative estimate of drug-likeness (QED) is 0.147. The van der Waals surface area contributed by atoms with Gasteiger partial charge < -0.3 is 20.8 Å². The lowest BCUT2D eigenvalue weighted by Gasteiger charge is -2.13. The van der Waals surface area contributed by atoms with Gasteiger partial charge in [0.25, 0.3) is 0 Å². The number of aromatic carboxylic acids is 1. The van der Waals surface area contributed by atoms with E-state index in [1.165, 1.54) is 6.92 Å². The van der Waals surface area contributed by atoms with Crippen LogP contribution in [0.25, 0.3) is 11.1 Å². The summed E-state index contributed by atoms with van der Waals surface area (Å²) in [6, 6.07) is 20.9. The average Bonchev–Trinajstić information content (AvgIpc) is 3.39. The van der Waals surface area contributed by atoms with Crippen LogP contribution in [0.2, 0.25) is 0 Å². The number of rotatable bonds is 15. The molecule has 0 radical (unpaired) electrons. The molecule has 4 aromatic rings. The molecule has 1 unspecified atom stereocenters. The Balaban J connectivity index is 1.40. The minimum absolute atomic E-state index is 0.0175. The monoisotopic (exact) mass is 611 g/mol. The van der Waals surface area contributed by atoms with Crippen LogP contribution in [0.3, 0.4) is 0 Å². The number of nitrogens with zero attached hydrogens (tertiary/aromatic N) is 3. The van der Waals surface area contributed by atoms with Gasteiger partial charge in [0.15, 0.2) is 5.82 Å². The number of aliphatic carboxylic acids is 1. The second-order valence-corrected chi connectivity index (χ2v) is 10.8. The van der Waals surface area contributed by atoms with Crippen molar-refractivity contribution in [3.63, 3.8) is 0 Å². The van der Waals surface area contributed by atoms with Crippen molar-refractivity contribution >= 4 is 29.4 Å². The molecule has 4 rings (SSSR count). The molecule has 234 valence electrons. The maximum atomic E-state index is 12.3. The Bertz CT molecular complexity index is 1650. The summed E-state index contributed by atoms with van der Waals surface area (Å²) in [7, 11) is 0. The molecule has 2 amide bonds. The first-order chi connectivity index (χ1) is 21.6. The van der Waals surface area contributed by atoms with Crippen LogP contribution in [0.5, 0.6) is 0 Å². The number of hydrogen-bond acceptors (Lipinski definition) is 6. The van der Waals surface area contributed by atoms with Crippen molar-refractivity contribution in [2.45, 2.75) is 65.0 Å². The summed E-state index contributed by atoms with van der Waals surface area (Å²) in [6.45, 7) is 3.89. The topological polar surface area (TPSA) is 164 Å². The van der Waals surface area contributed by atoms with E-state index in [-0.39, 0.29) is 24.3 Å². The van der Waals surface area contributed by atoms with Crippen molar-refractivity contribution in [1.29, 1.82) is 0 Å². The van der Waals surface area contributed by atoms with Gasteiger partial charge in [-0.3, -0.25) is 9.59 Å². The molecule has 0 aliphatic carbocycles. The molecule has 0 saturated carbocycles. The molecule has 1 aromatic heterocycles. The van der Waals surface area contributed by atoms with Crippen molar-refractivity contribution in [3.05, 3.63) is 101 Å². The van der Waals surface area contributed by atoms with Gasteiger partial charge in [-0.15, -0.1) is 0 Å². The number of hydrogen-bond donors (Lipinski definition) is 4. The number of aromatic nitrogens is 3. The predicted molar refractivity (Wildman–Crippen MR) is 169 cm³/mol. The molecule has 3 aromatic carbocycles. The smallest absolute Gasteiger partial charge is 0.336 e. The molecule has 0 saturated heterocycles. The molecular weight excluding hydrogens is 574 g/mol. The highest BCUT2D eigenvalue weighted by Crippen LogP contribution is 2.24. The molecule has 4 N–H and O–H groups in total. The number of anilines is 1. The maximum Gasteiger partial charge on any atom is 0.336 e. The van der Waals surface area contributed by atoms with Gasteiger partial charge in [-0.2, -0.15) is 5.10 Å². The molecule has 1 atom stereocenters. The standard InChI is InChI=1S/C34H37N5O6/c1-3-4-9-31-37-30(20-23-12-16-26(17-13-23)36-32(41)19-18-29(34(44)45)35-22(2)40)38-39(31)21-24-10-14-25(15-11-24)27-7-5-6-8-28(27)33(42)43/h5-8,10-17,29H,3-4,9,18-21H2,1-2H3,(H,35,40)(H,36,41)(H,42,43)(H,44,45). The van der Waals surface area contributed by atoms with E-state index in [0.717, 1.165) is 41.8 Å². The van der Waals surface area contributed by atoms with Gasteiger partial charge in [0.2, 0.25) is 11.8 Å². The van der Waals surface area contributed by atoms with E-state index >= 15 is 0 Å². The fourth-order valence-electron chi connectivity index (χ4n) is 4.92. The van der Waals surface area contributed by atoms with Crippen molar-refractivity contribution in [2.24, 2.45) is 0 Å². The van der Waals surface area contributed by atoms with Crippen molar-refractivity contribution in [2.75, 3.05) is 5.32 Å². The van der Waals surface area contributed by atoms with Crippen LogP contribution in [-0.2, 0) is 33.8 Å². The van der Waals surface area contributed by atoms with Crippen LogP contribution < -0.4 is 10.6 Å². The third-order valence-electron chi connectivity index (χ3n) is 7.24. The number of carbonyl (C=O) groups excluding carboxylic acids is 2. The van der Waals surface area contributed by atoms with E-state index in [1.807, 2.05) is 47.1 Å².